The highest BCUT2D eigenvalue weighted by atomic mass is 35.5. The molecule has 1 aromatic rings. The highest BCUT2D eigenvalue weighted by molar-refractivity contribution is 6.31. The van der Waals surface area contributed by atoms with Crippen molar-refractivity contribution in [2.45, 2.75) is 45.1 Å². The van der Waals surface area contributed by atoms with Gasteiger partial charge in [0.1, 0.15) is 0 Å². The van der Waals surface area contributed by atoms with Gasteiger partial charge in [0.15, 0.2) is 0 Å². The minimum atomic E-state index is 0.0443. The maximum Gasteiger partial charge on any atom is 0.225 e. The third-order valence-corrected chi connectivity index (χ3v) is 5.98. The lowest BCUT2D eigenvalue weighted by atomic mass is 9.91. The fraction of sp³-hybridized carbons (Fsp3) is 0.619. The predicted octanol–water partition coefficient (Wildman–Crippen LogP) is 3.40. The van der Waals surface area contributed by atoms with Crippen LogP contribution in [-0.4, -0.2) is 43.0 Å². The van der Waals surface area contributed by atoms with E-state index in [-0.39, 0.29) is 17.7 Å². The first-order valence-corrected chi connectivity index (χ1v) is 10.4. The van der Waals surface area contributed by atoms with E-state index in [0.29, 0.717) is 37.1 Å². The molecule has 2 aliphatic rings. The van der Waals surface area contributed by atoms with Crippen LogP contribution in [0, 0.1) is 11.8 Å². The zero-order valence-electron chi connectivity index (χ0n) is 15.8. The number of carbonyl (C=O) groups is 2. The van der Waals surface area contributed by atoms with Crippen molar-refractivity contribution in [2.75, 3.05) is 26.3 Å². The fourth-order valence-electron chi connectivity index (χ4n) is 3.96. The van der Waals surface area contributed by atoms with Gasteiger partial charge in [0.05, 0.1) is 0 Å². The summed E-state index contributed by atoms with van der Waals surface area (Å²) in [5.41, 5.74) is 0.929. The van der Waals surface area contributed by atoms with Crippen LogP contribution >= 0.6 is 11.6 Å². The van der Waals surface area contributed by atoms with E-state index in [4.69, 9.17) is 16.3 Å². The van der Waals surface area contributed by atoms with Gasteiger partial charge in [0.2, 0.25) is 11.8 Å². The van der Waals surface area contributed by atoms with E-state index in [1.165, 1.54) is 0 Å². The van der Waals surface area contributed by atoms with Crippen molar-refractivity contribution >= 4 is 23.4 Å². The number of halogens is 1. The third kappa shape index (κ3) is 5.94. The second-order valence-electron chi connectivity index (χ2n) is 7.59. The van der Waals surface area contributed by atoms with Crippen molar-refractivity contribution in [2.24, 2.45) is 11.8 Å². The summed E-state index contributed by atoms with van der Waals surface area (Å²) in [6, 6.07) is 7.54. The Kier molecular flexibility index (Phi) is 7.53. The molecule has 1 aromatic carbocycles. The van der Waals surface area contributed by atoms with Crippen LogP contribution in [0.25, 0.3) is 0 Å². The smallest absolute Gasteiger partial charge is 0.225 e. The summed E-state index contributed by atoms with van der Waals surface area (Å²) >= 11 is 6.12. The quantitative estimate of drug-likeness (QED) is 0.807. The van der Waals surface area contributed by atoms with Crippen LogP contribution < -0.4 is 5.32 Å². The van der Waals surface area contributed by atoms with Gasteiger partial charge in [-0.15, -0.1) is 0 Å². The molecule has 2 amide bonds. The maximum absolute atomic E-state index is 12.7. The van der Waals surface area contributed by atoms with Crippen LogP contribution in [0.3, 0.4) is 0 Å². The molecule has 0 bridgehead atoms. The lowest BCUT2D eigenvalue weighted by molar-refractivity contribution is -0.140. The summed E-state index contributed by atoms with van der Waals surface area (Å²) in [6.45, 7) is 3.48. The Balaban J connectivity index is 1.40. The zero-order chi connectivity index (χ0) is 19.1. The Morgan fingerprint density at radius 2 is 1.96 bits per heavy atom. The number of nitrogens with one attached hydrogen (secondary N) is 1. The van der Waals surface area contributed by atoms with E-state index in [2.05, 4.69) is 5.32 Å². The van der Waals surface area contributed by atoms with Crippen LogP contribution in [0.5, 0.6) is 0 Å². The first kappa shape index (κ1) is 20.2. The Bertz CT molecular complexity index is 646. The van der Waals surface area contributed by atoms with Gasteiger partial charge >= 0.3 is 0 Å². The van der Waals surface area contributed by atoms with E-state index >= 15 is 0 Å². The molecule has 3 rings (SSSR count). The molecule has 2 heterocycles. The molecule has 2 fully saturated rings. The Labute approximate surface area is 166 Å². The first-order chi connectivity index (χ1) is 13.1. The molecule has 27 heavy (non-hydrogen) atoms. The van der Waals surface area contributed by atoms with Crippen molar-refractivity contribution in [1.29, 1.82) is 0 Å². The van der Waals surface area contributed by atoms with Crippen LogP contribution in [-0.2, 0) is 20.9 Å². The first-order valence-electron chi connectivity index (χ1n) is 10.00. The Hall–Kier alpha value is -1.59. The van der Waals surface area contributed by atoms with Crippen LogP contribution in [0.15, 0.2) is 24.3 Å². The summed E-state index contributed by atoms with van der Waals surface area (Å²) in [4.78, 5) is 26.9. The SMILES string of the molecule is O=C(CCC1CCCN(C(=O)C2CCOCC2)C1)NCc1ccccc1Cl. The largest absolute Gasteiger partial charge is 0.381 e. The van der Waals surface area contributed by atoms with E-state index in [0.717, 1.165) is 50.8 Å². The van der Waals surface area contributed by atoms with Crippen molar-refractivity contribution in [3.63, 3.8) is 0 Å². The molecule has 2 saturated heterocycles. The molecular weight excluding hydrogens is 364 g/mol. The van der Waals surface area contributed by atoms with Gasteiger partial charge in [-0.2, -0.15) is 0 Å². The molecule has 0 saturated carbocycles. The average molecular weight is 393 g/mol. The summed E-state index contributed by atoms with van der Waals surface area (Å²) < 4.78 is 5.36. The van der Waals surface area contributed by atoms with Crippen molar-refractivity contribution in [3.05, 3.63) is 34.9 Å². The number of carbonyl (C=O) groups excluding carboxylic acids is 2. The number of nitrogens with zero attached hydrogens (tertiary/aromatic N) is 1. The Morgan fingerprint density at radius 3 is 2.74 bits per heavy atom. The van der Waals surface area contributed by atoms with Gasteiger partial charge in [-0.1, -0.05) is 29.8 Å². The van der Waals surface area contributed by atoms with Crippen molar-refractivity contribution in [3.8, 4) is 0 Å². The van der Waals surface area contributed by atoms with Gasteiger partial charge in [-0.05, 0) is 49.7 Å². The molecule has 6 heteroatoms. The molecule has 0 aromatic heterocycles. The molecule has 148 valence electrons. The standard InChI is InChI=1S/C21H29ClN2O3/c22-19-6-2-1-5-18(19)14-23-20(25)8-7-16-4-3-11-24(15-16)21(26)17-9-12-27-13-10-17/h1-2,5-6,16-17H,3-4,7-15H2,(H,23,25). The number of ether oxygens (including phenoxy) is 1. The van der Waals surface area contributed by atoms with E-state index in [9.17, 15) is 9.59 Å². The summed E-state index contributed by atoms with van der Waals surface area (Å²) in [6.07, 6.45) is 5.12. The van der Waals surface area contributed by atoms with Gasteiger partial charge in [-0.3, -0.25) is 9.59 Å². The zero-order valence-corrected chi connectivity index (χ0v) is 16.5. The van der Waals surface area contributed by atoms with Gasteiger partial charge in [0, 0.05) is 50.2 Å². The normalized spacial score (nSPS) is 21.1. The molecule has 0 aliphatic carbocycles. The number of piperidine rings is 1. The van der Waals surface area contributed by atoms with Gasteiger partial charge in [0.25, 0.3) is 0 Å². The highest BCUT2D eigenvalue weighted by Crippen LogP contribution is 2.25. The topological polar surface area (TPSA) is 58.6 Å². The minimum absolute atomic E-state index is 0.0443. The molecule has 0 spiro atoms. The summed E-state index contributed by atoms with van der Waals surface area (Å²) in [7, 11) is 0. The van der Waals surface area contributed by atoms with Gasteiger partial charge in [-0.25, -0.2) is 0 Å². The minimum Gasteiger partial charge on any atom is -0.381 e. The maximum atomic E-state index is 12.7. The number of amides is 2. The predicted molar refractivity (Wildman–Crippen MR) is 105 cm³/mol. The second kappa shape index (κ2) is 10.1. The fourth-order valence-corrected chi connectivity index (χ4v) is 4.17. The average Bonchev–Trinajstić information content (AvgIpc) is 2.72. The van der Waals surface area contributed by atoms with E-state index in [1.807, 2.05) is 29.2 Å². The van der Waals surface area contributed by atoms with Crippen molar-refractivity contribution in [1.82, 2.24) is 10.2 Å². The van der Waals surface area contributed by atoms with Gasteiger partial charge < -0.3 is 15.0 Å². The second-order valence-corrected chi connectivity index (χ2v) is 7.99. The number of hydrogen-bond acceptors (Lipinski definition) is 3. The molecular formula is C21H29ClN2O3. The molecule has 2 aliphatic heterocycles. The Morgan fingerprint density at radius 1 is 1.19 bits per heavy atom. The monoisotopic (exact) mass is 392 g/mol. The van der Waals surface area contributed by atoms with Crippen LogP contribution in [0.4, 0.5) is 0 Å². The molecule has 0 radical (unpaired) electrons. The van der Waals surface area contributed by atoms with Crippen molar-refractivity contribution < 1.29 is 14.3 Å². The number of likely N-dealkylation sites (tertiary alicyclic amines) is 1. The summed E-state index contributed by atoms with van der Waals surface area (Å²) in [5.74, 6) is 0.860. The lowest BCUT2D eigenvalue weighted by Crippen LogP contribution is -2.44. The number of benzene rings is 1. The van der Waals surface area contributed by atoms with E-state index < -0.39 is 0 Å². The summed E-state index contributed by atoms with van der Waals surface area (Å²) in [5, 5.41) is 3.62. The molecule has 1 unspecified atom stereocenters. The molecule has 5 nitrogen and oxygen atoms in total. The highest BCUT2D eigenvalue weighted by Gasteiger charge is 2.30. The number of hydrogen-bond donors (Lipinski definition) is 1. The van der Waals surface area contributed by atoms with Crippen LogP contribution in [0.2, 0.25) is 5.02 Å². The lowest BCUT2D eigenvalue weighted by Gasteiger charge is -2.36. The molecule has 1 N–H and O–H groups in total. The molecule has 1 atom stereocenters. The third-order valence-electron chi connectivity index (χ3n) is 5.61. The van der Waals surface area contributed by atoms with Crippen LogP contribution in [0.1, 0.15) is 44.1 Å². The number of rotatable bonds is 6. The van der Waals surface area contributed by atoms with E-state index in [1.54, 1.807) is 0 Å².